The highest BCUT2D eigenvalue weighted by molar-refractivity contribution is 7.85. The van der Waals surface area contributed by atoms with Gasteiger partial charge in [-0.05, 0) is 19.1 Å². The minimum Gasteiger partial charge on any atom is -0.744 e. The summed E-state index contributed by atoms with van der Waals surface area (Å²) in [5.41, 5.74) is 0.656. The Morgan fingerprint density at radius 1 is 1.12 bits per heavy atom. The van der Waals surface area contributed by atoms with E-state index in [1.54, 1.807) is 10.6 Å². The number of hydrogen-bond donors (Lipinski definition) is 3. The van der Waals surface area contributed by atoms with Crippen LogP contribution >= 0.6 is 0 Å². The van der Waals surface area contributed by atoms with E-state index < -0.39 is 10.1 Å². The van der Waals surface area contributed by atoms with Crippen molar-refractivity contribution in [2.24, 2.45) is 0 Å². The fourth-order valence-electron chi connectivity index (χ4n) is 2.24. The Bertz CT molecular complexity index is 876. The number of aromatic nitrogens is 2. The van der Waals surface area contributed by atoms with E-state index in [9.17, 15) is 22.6 Å². The molecule has 1 aromatic heterocycles. The third-order valence-electron chi connectivity index (χ3n) is 3.46. The lowest BCUT2D eigenvalue weighted by atomic mass is 10.3. The fraction of sp³-hybridized carbons (Fsp3) is 0.312. The van der Waals surface area contributed by atoms with Crippen molar-refractivity contribution >= 4 is 21.9 Å². The molecule has 0 aliphatic rings. The van der Waals surface area contributed by atoms with Gasteiger partial charge < -0.3 is 15.2 Å². The summed E-state index contributed by atoms with van der Waals surface area (Å²) in [5.74, 6) is 0.207. The van der Waals surface area contributed by atoms with E-state index in [0.717, 1.165) is 5.82 Å². The van der Waals surface area contributed by atoms with E-state index in [1.165, 1.54) is 38.4 Å². The highest BCUT2D eigenvalue weighted by Gasteiger charge is 2.30. The molecule has 2 aromatic rings. The maximum atomic E-state index is 11.7. The number of nitrogens with one attached hydrogen (secondary N) is 3. The van der Waals surface area contributed by atoms with Crippen LogP contribution in [-0.2, 0) is 16.7 Å². The summed E-state index contributed by atoms with van der Waals surface area (Å²) in [6.07, 6.45) is 0. The minimum absolute atomic E-state index is 0.185. The second kappa shape index (κ2) is 9.11. The zero-order chi connectivity index (χ0) is 19.9. The maximum absolute atomic E-state index is 11.7. The molecule has 26 heavy (non-hydrogen) atoms. The third-order valence-corrected chi connectivity index (χ3v) is 4.31. The number of imidazole rings is 1. The molecule has 0 aliphatic heterocycles. The molecule has 9 nitrogen and oxygen atoms in total. The van der Waals surface area contributed by atoms with Gasteiger partial charge in [0.05, 0.1) is 11.4 Å². The highest BCUT2D eigenvalue weighted by atomic mass is 32.2. The first-order chi connectivity index (χ1) is 12.2. The highest BCUT2D eigenvalue weighted by Crippen LogP contribution is 2.05. The van der Waals surface area contributed by atoms with Crippen LogP contribution in [0.2, 0.25) is 0 Å². The predicted octanol–water partition coefficient (Wildman–Crippen LogP) is -0.0596. The summed E-state index contributed by atoms with van der Waals surface area (Å²) in [5, 5.41) is 5.03. The number of rotatable bonds is 4. The molecule has 0 radical (unpaired) electrons. The molecule has 142 valence electrons. The Labute approximate surface area is 152 Å². The average molecular weight is 382 g/mol. The fourth-order valence-corrected chi connectivity index (χ4v) is 2.73. The van der Waals surface area contributed by atoms with E-state index >= 15 is 0 Å². The first-order valence-corrected chi connectivity index (χ1v) is 9.15. The number of amides is 2. The number of carbonyl (C=O) groups excluding carboxylic acids is 2. The molecule has 0 spiro atoms. The van der Waals surface area contributed by atoms with Crippen molar-refractivity contribution in [1.29, 1.82) is 0 Å². The van der Waals surface area contributed by atoms with Crippen LogP contribution in [0.4, 0.5) is 0 Å². The molecule has 0 unspecified atom stereocenters. The van der Waals surface area contributed by atoms with Gasteiger partial charge in [0, 0.05) is 21.0 Å². The van der Waals surface area contributed by atoms with E-state index in [0.29, 0.717) is 17.9 Å². The zero-order valence-corrected chi connectivity index (χ0v) is 15.8. The van der Waals surface area contributed by atoms with Gasteiger partial charge in [0.2, 0.25) is 11.4 Å². The molecule has 0 saturated carbocycles. The maximum Gasteiger partial charge on any atom is 0.295 e. The molecular weight excluding hydrogens is 360 g/mol. The molecule has 1 aromatic carbocycles. The molecule has 3 N–H and O–H groups in total. The summed E-state index contributed by atoms with van der Waals surface area (Å²) >= 11 is 0. The number of aryl methyl sites for hydroxylation is 1. The minimum atomic E-state index is -4.25. The lowest BCUT2D eigenvalue weighted by molar-refractivity contribution is -0.700. The van der Waals surface area contributed by atoms with Crippen molar-refractivity contribution in [2.45, 2.75) is 25.3 Å². The normalized spacial score (nSPS) is 10.5. The zero-order valence-electron chi connectivity index (χ0n) is 15.0. The number of H-pyrrole nitrogens is 1. The molecule has 0 atom stereocenters. The number of aromatic amines is 1. The van der Waals surface area contributed by atoms with Gasteiger partial charge >= 0.3 is 0 Å². The summed E-state index contributed by atoms with van der Waals surface area (Å²) in [6.45, 7) is 4.37. The Morgan fingerprint density at radius 2 is 1.65 bits per heavy atom. The van der Waals surface area contributed by atoms with E-state index in [2.05, 4.69) is 15.6 Å². The SMILES string of the molecule is CC[n+]1c(C)[nH]c(C(=O)NC)c1C(=O)NC.O=S(=O)([O-])c1ccccc1. The first kappa shape index (κ1) is 21.3. The van der Waals surface area contributed by atoms with Crippen molar-refractivity contribution in [3.8, 4) is 0 Å². The van der Waals surface area contributed by atoms with Gasteiger partial charge in [0.1, 0.15) is 10.1 Å². The topological polar surface area (TPSA) is 135 Å². The summed E-state index contributed by atoms with van der Waals surface area (Å²) in [6, 6.07) is 7.19. The first-order valence-electron chi connectivity index (χ1n) is 7.74. The Kier molecular flexibility index (Phi) is 7.47. The van der Waals surface area contributed by atoms with Crippen molar-refractivity contribution in [2.75, 3.05) is 14.1 Å². The van der Waals surface area contributed by atoms with Crippen LogP contribution in [0.1, 0.15) is 33.7 Å². The summed E-state index contributed by atoms with van der Waals surface area (Å²) in [7, 11) is -1.18. The quantitative estimate of drug-likeness (QED) is 0.503. The second-order valence-corrected chi connectivity index (χ2v) is 6.48. The monoisotopic (exact) mass is 382 g/mol. The van der Waals surface area contributed by atoms with Crippen LogP contribution in [0.3, 0.4) is 0 Å². The standard InChI is InChI=1S/C10H16N4O2.C6H6O3S/c1-5-14-6(2)13-7(9(15)11-3)8(14)10(16)12-4;7-10(8,9)6-4-2-1-3-5-6/h5H2,1-4H3,(H2,11,12,15,16);1-5H,(H,7,8,9). The molecule has 0 fully saturated rings. The van der Waals surface area contributed by atoms with Gasteiger partial charge in [-0.15, -0.1) is 0 Å². The molecule has 0 saturated heterocycles. The molecule has 2 amide bonds. The van der Waals surface area contributed by atoms with Crippen LogP contribution < -0.4 is 15.2 Å². The Hall–Kier alpha value is -2.72. The number of carbonyl (C=O) groups is 2. The van der Waals surface area contributed by atoms with Crippen LogP contribution in [-0.4, -0.2) is 43.9 Å². The smallest absolute Gasteiger partial charge is 0.295 e. The molecule has 2 rings (SSSR count). The van der Waals surface area contributed by atoms with Crippen LogP contribution in [0.15, 0.2) is 35.2 Å². The van der Waals surface area contributed by atoms with Gasteiger partial charge in [0.15, 0.2) is 0 Å². The lowest BCUT2D eigenvalue weighted by Crippen LogP contribution is -2.43. The van der Waals surface area contributed by atoms with Crippen LogP contribution in [0.5, 0.6) is 0 Å². The lowest BCUT2D eigenvalue weighted by Gasteiger charge is -2.04. The number of benzene rings is 1. The molecule has 0 bridgehead atoms. The van der Waals surface area contributed by atoms with Gasteiger partial charge in [-0.25, -0.2) is 18.0 Å². The van der Waals surface area contributed by atoms with E-state index in [-0.39, 0.29) is 16.7 Å². The summed E-state index contributed by atoms with van der Waals surface area (Å²) < 4.78 is 32.6. The Morgan fingerprint density at radius 3 is 2.04 bits per heavy atom. The number of nitrogens with zero attached hydrogens (tertiary/aromatic N) is 1. The predicted molar refractivity (Wildman–Crippen MR) is 92.6 cm³/mol. The van der Waals surface area contributed by atoms with Crippen LogP contribution in [0.25, 0.3) is 0 Å². The van der Waals surface area contributed by atoms with Crippen molar-refractivity contribution in [3.05, 3.63) is 47.5 Å². The second-order valence-electron chi connectivity index (χ2n) is 5.10. The van der Waals surface area contributed by atoms with E-state index in [1.807, 2.05) is 13.8 Å². The largest absolute Gasteiger partial charge is 0.744 e. The van der Waals surface area contributed by atoms with Gasteiger partial charge in [-0.2, -0.15) is 0 Å². The molecular formula is C16H22N4O5S. The molecule has 10 heteroatoms. The van der Waals surface area contributed by atoms with Crippen LogP contribution in [0, 0.1) is 6.92 Å². The van der Waals surface area contributed by atoms with Crippen molar-refractivity contribution < 1.29 is 27.1 Å². The van der Waals surface area contributed by atoms with Gasteiger partial charge in [0.25, 0.3) is 17.6 Å². The average Bonchev–Trinajstić information content (AvgIpc) is 2.97. The van der Waals surface area contributed by atoms with Crippen molar-refractivity contribution in [1.82, 2.24) is 15.6 Å². The van der Waals surface area contributed by atoms with E-state index in [4.69, 9.17) is 0 Å². The Balaban J connectivity index is 0.000000289. The van der Waals surface area contributed by atoms with Gasteiger partial charge in [-0.3, -0.25) is 9.59 Å². The summed E-state index contributed by atoms with van der Waals surface area (Å²) in [4.78, 5) is 26.1. The molecule has 0 aliphatic carbocycles. The number of hydrogen-bond acceptors (Lipinski definition) is 5. The van der Waals surface area contributed by atoms with Crippen molar-refractivity contribution in [3.63, 3.8) is 0 Å². The third kappa shape index (κ3) is 5.14. The van der Waals surface area contributed by atoms with Gasteiger partial charge in [-0.1, -0.05) is 18.2 Å². The molecule has 1 heterocycles.